The molecule has 1 saturated heterocycles. The Morgan fingerprint density at radius 3 is 2.59 bits per heavy atom. The molecule has 16 heteroatoms. The van der Waals surface area contributed by atoms with Crippen molar-refractivity contribution in [3.63, 3.8) is 0 Å². The average Bonchev–Trinajstić information content (AvgIpc) is 4.01. The molecule has 54 heavy (non-hydrogen) atoms. The smallest absolute Gasteiger partial charge is 0.259 e. The second kappa shape index (κ2) is 14.3. The lowest BCUT2D eigenvalue weighted by atomic mass is 10.0. The van der Waals surface area contributed by atoms with Crippen LogP contribution in [0.1, 0.15) is 80.8 Å². The summed E-state index contributed by atoms with van der Waals surface area (Å²) in [4.78, 5) is 66.0. The molecular formula is C38H42F2N6O7S. The summed E-state index contributed by atoms with van der Waals surface area (Å²) in [6, 6.07) is 7.10. The molecule has 13 nitrogen and oxygen atoms in total. The van der Waals surface area contributed by atoms with Crippen molar-refractivity contribution in [3.05, 3.63) is 77.5 Å². The molecule has 7 rings (SSSR count). The molecule has 5 atom stereocenters. The topological polar surface area (TPSA) is 177 Å². The van der Waals surface area contributed by atoms with Gasteiger partial charge in [0, 0.05) is 17.9 Å². The Kier molecular flexibility index (Phi) is 9.91. The van der Waals surface area contributed by atoms with E-state index in [2.05, 4.69) is 25.3 Å². The number of ether oxygens (including phenoxy) is 1. The number of carbonyl (C=O) groups is 4. The number of para-hydroxylation sites is 1. The maximum Gasteiger partial charge on any atom is 0.259 e. The molecule has 2 aliphatic heterocycles. The Bertz CT molecular complexity index is 2160. The van der Waals surface area contributed by atoms with E-state index in [4.69, 9.17) is 4.74 Å². The average molecular weight is 765 g/mol. The minimum absolute atomic E-state index is 0.00572. The van der Waals surface area contributed by atoms with Crippen LogP contribution in [0.3, 0.4) is 0 Å². The number of aryl methyl sites for hydroxylation is 1. The minimum Gasteiger partial charge on any atom is -0.471 e. The van der Waals surface area contributed by atoms with E-state index in [0.717, 1.165) is 12.5 Å². The van der Waals surface area contributed by atoms with E-state index in [0.29, 0.717) is 43.3 Å². The maximum atomic E-state index is 14.7. The second-order valence-electron chi connectivity index (χ2n) is 15.0. The van der Waals surface area contributed by atoms with Crippen LogP contribution < -0.4 is 20.1 Å². The first kappa shape index (κ1) is 37.3. The van der Waals surface area contributed by atoms with Crippen molar-refractivity contribution in [1.82, 2.24) is 30.2 Å². The first-order valence-corrected chi connectivity index (χ1v) is 19.7. The van der Waals surface area contributed by atoms with Crippen LogP contribution in [0.4, 0.5) is 8.78 Å². The highest BCUT2D eigenvalue weighted by Gasteiger charge is 2.63. The highest BCUT2D eigenvalue weighted by molar-refractivity contribution is 7.91. The standard InChI is InChI=1S/C38H42F2N6O7S/c1-22-34(43-31-27(40)13-9-15-28(31)41-22)53-26-19-30-33(48)44-38(36(50)45-54(51,52)37(2)16-17-37)20-24(38)11-6-4-3-5-7-14-29(35(49)46(30)21-26)42-32(47)23-10-8-12-25(39)18-23/h6,8-13,15,18,24,26,29-30H,3-5,7,14,16-17,19-21H2,1-2H3,(H,42,47)(H,44,48)(H,45,50)/b11-6-/t24-,26-,29+,30+,38-/m1/s1. The van der Waals surface area contributed by atoms with Crippen LogP contribution in [-0.2, 0) is 24.4 Å². The van der Waals surface area contributed by atoms with Crippen LogP contribution in [0.15, 0.2) is 54.6 Å². The summed E-state index contributed by atoms with van der Waals surface area (Å²) in [5, 5.41) is 5.56. The van der Waals surface area contributed by atoms with E-state index < -0.39 is 79.7 Å². The van der Waals surface area contributed by atoms with Gasteiger partial charge in [0.1, 0.15) is 40.8 Å². The number of hydrogen-bond acceptors (Lipinski definition) is 9. The minimum atomic E-state index is -4.03. The summed E-state index contributed by atoms with van der Waals surface area (Å²) >= 11 is 0. The van der Waals surface area contributed by atoms with E-state index >= 15 is 0 Å². The van der Waals surface area contributed by atoms with Gasteiger partial charge >= 0.3 is 0 Å². The van der Waals surface area contributed by atoms with Crippen molar-refractivity contribution in [2.45, 2.75) is 100 Å². The summed E-state index contributed by atoms with van der Waals surface area (Å²) < 4.78 is 62.3. The zero-order chi connectivity index (χ0) is 38.4. The summed E-state index contributed by atoms with van der Waals surface area (Å²) in [7, 11) is -4.03. The molecule has 2 aromatic carbocycles. The van der Waals surface area contributed by atoms with Crippen LogP contribution in [-0.4, -0.2) is 81.9 Å². The van der Waals surface area contributed by atoms with E-state index in [1.807, 2.05) is 12.2 Å². The first-order valence-electron chi connectivity index (χ1n) is 18.2. The molecule has 0 spiro atoms. The molecule has 1 aromatic heterocycles. The molecule has 2 saturated carbocycles. The fourth-order valence-corrected chi connectivity index (χ4v) is 8.52. The number of carbonyl (C=O) groups excluding carboxylic acids is 4. The summed E-state index contributed by atoms with van der Waals surface area (Å²) in [6.45, 7) is 3.05. The highest BCUT2D eigenvalue weighted by atomic mass is 32.2. The SMILES string of the molecule is Cc1nc2cccc(F)c2nc1O[C@@H]1C[C@H]2C(=O)N[C@]3(C(=O)NS(=O)(=O)C4(C)CC4)C[C@H]3/C=C\CCCCC[C@H](NC(=O)c3cccc(F)c3)C(=O)N2C1. The third-order valence-electron chi connectivity index (χ3n) is 10.9. The number of amides is 4. The Balaban J connectivity index is 1.20. The molecule has 0 bridgehead atoms. The lowest BCUT2D eigenvalue weighted by molar-refractivity contribution is -0.141. The lowest BCUT2D eigenvalue weighted by Crippen LogP contribution is -2.58. The summed E-state index contributed by atoms with van der Waals surface area (Å²) in [6.07, 6.45) is 6.58. The van der Waals surface area contributed by atoms with Gasteiger partial charge in [-0.25, -0.2) is 27.2 Å². The fraction of sp³-hybridized carbons (Fsp3) is 0.474. The monoisotopic (exact) mass is 764 g/mol. The van der Waals surface area contributed by atoms with Crippen LogP contribution in [0, 0.1) is 24.5 Å². The maximum absolute atomic E-state index is 14.7. The molecular weight excluding hydrogens is 723 g/mol. The molecule has 0 unspecified atom stereocenters. The number of allylic oxidation sites excluding steroid dienone is 1. The fourth-order valence-electron chi connectivity index (χ4n) is 7.20. The van der Waals surface area contributed by atoms with E-state index in [1.54, 1.807) is 19.9 Å². The molecule has 3 fully saturated rings. The van der Waals surface area contributed by atoms with Gasteiger partial charge in [-0.05, 0) is 82.7 Å². The lowest BCUT2D eigenvalue weighted by Gasteiger charge is -2.30. The molecule has 4 aliphatic rings. The number of hydrogen-bond donors (Lipinski definition) is 3. The number of nitrogens with one attached hydrogen (secondary N) is 3. The molecule has 3 N–H and O–H groups in total. The van der Waals surface area contributed by atoms with Gasteiger partial charge in [-0.3, -0.25) is 23.9 Å². The molecule has 4 amide bonds. The predicted octanol–water partition coefficient (Wildman–Crippen LogP) is 3.76. The molecule has 3 aromatic rings. The third kappa shape index (κ3) is 7.39. The predicted molar refractivity (Wildman–Crippen MR) is 192 cm³/mol. The van der Waals surface area contributed by atoms with E-state index in [-0.39, 0.29) is 42.8 Å². The second-order valence-corrected chi connectivity index (χ2v) is 17.2. The third-order valence-corrected chi connectivity index (χ3v) is 13.1. The van der Waals surface area contributed by atoms with Crippen molar-refractivity contribution in [3.8, 4) is 5.88 Å². The van der Waals surface area contributed by atoms with Crippen LogP contribution >= 0.6 is 0 Å². The largest absolute Gasteiger partial charge is 0.471 e. The van der Waals surface area contributed by atoms with Gasteiger partial charge < -0.3 is 20.3 Å². The van der Waals surface area contributed by atoms with Crippen molar-refractivity contribution >= 4 is 44.7 Å². The van der Waals surface area contributed by atoms with Crippen LogP contribution in [0.5, 0.6) is 5.88 Å². The first-order chi connectivity index (χ1) is 25.7. The number of halogens is 2. The zero-order valence-electron chi connectivity index (χ0n) is 29.9. The quantitative estimate of drug-likeness (QED) is 0.303. The number of nitrogens with zero attached hydrogens (tertiary/aromatic N) is 3. The Morgan fingerprint density at radius 2 is 1.83 bits per heavy atom. The molecule has 2 aliphatic carbocycles. The Morgan fingerprint density at radius 1 is 1.06 bits per heavy atom. The normalized spacial score (nSPS) is 27.4. The number of fused-ring (bicyclic) bond motifs is 3. The van der Waals surface area contributed by atoms with Gasteiger partial charge in [-0.2, -0.15) is 0 Å². The van der Waals surface area contributed by atoms with Crippen LogP contribution in [0.25, 0.3) is 11.0 Å². The van der Waals surface area contributed by atoms with Crippen molar-refractivity contribution in [2.75, 3.05) is 6.54 Å². The summed E-state index contributed by atoms with van der Waals surface area (Å²) in [5.41, 5.74) is -0.915. The van der Waals surface area contributed by atoms with Crippen molar-refractivity contribution in [2.24, 2.45) is 5.92 Å². The Hall–Kier alpha value is -4.99. The van der Waals surface area contributed by atoms with Gasteiger partial charge in [0.05, 0.1) is 16.8 Å². The molecule has 3 heterocycles. The molecule has 286 valence electrons. The van der Waals surface area contributed by atoms with Gasteiger partial charge in [0.15, 0.2) is 5.82 Å². The van der Waals surface area contributed by atoms with Gasteiger partial charge in [-0.1, -0.05) is 37.1 Å². The number of aromatic nitrogens is 2. The van der Waals surface area contributed by atoms with Gasteiger partial charge in [0.25, 0.3) is 11.8 Å². The zero-order valence-corrected chi connectivity index (χ0v) is 30.8. The highest BCUT2D eigenvalue weighted by Crippen LogP contribution is 2.47. The number of rotatable bonds is 7. The molecule has 0 radical (unpaired) electrons. The van der Waals surface area contributed by atoms with E-state index in [1.165, 1.54) is 35.2 Å². The summed E-state index contributed by atoms with van der Waals surface area (Å²) in [5.74, 6) is -4.55. The van der Waals surface area contributed by atoms with Crippen molar-refractivity contribution < 1.29 is 41.1 Å². The van der Waals surface area contributed by atoms with Crippen molar-refractivity contribution in [1.29, 1.82) is 0 Å². The van der Waals surface area contributed by atoms with Crippen LogP contribution in [0.2, 0.25) is 0 Å². The Labute approximate surface area is 311 Å². The van der Waals surface area contributed by atoms with Gasteiger partial charge in [0.2, 0.25) is 27.7 Å². The van der Waals surface area contributed by atoms with E-state index in [9.17, 15) is 36.4 Å². The number of sulfonamides is 1. The number of benzene rings is 2. The van der Waals surface area contributed by atoms with Gasteiger partial charge in [-0.15, -0.1) is 0 Å².